The number of amides is 2. The number of hydrogen-bond donors (Lipinski definition) is 1. The highest BCUT2D eigenvalue weighted by molar-refractivity contribution is 5.86. The standard InChI is InChI=1S/C22H32N4O2/c1-24-11-12-25(17-22(24)7-9-23-10-8-22)21(28)16-26-15-19(14-20(26)27)13-18-5-3-2-4-6-18/h2-6,19,23H,7-17H2,1H3/t19-/m0/s1. The van der Waals surface area contributed by atoms with Gasteiger partial charge in [-0.2, -0.15) is 0 Å². The number of likely N-dealkylation sites (tertiary alicyclic amines) is 1. The summed E-state index contributed by atoms with van der Waals surface area (Å²) in [4.78, 5) is 31.7. The van der Waals surface area contributed by atoms with Gasteiger partial charge in [-0.1, -0.05) is 30.3 Å². The van der Waals surface area contributed by atoms with Gasteiger partial charge in [-0.25, -0.2) is 0 Å². The third-order valence-electron chi connectivity index (χ3n) is 6.88. The Labute approximate surface area is 167 Å². The fourth-order valence-electron chi connectivity index (χ4n) is 5.06. The van der Waals surface area contributed by atoms with E-state index in [1.165, 1.54) is 5.56 Å². The zero-order valence-corrected chi connectivity index (χ0v) is 16.9. The van der Waals surface area contributed by atoms with Crippen LogP contribution in [-0.4, -0.2) is 84.9 Å². The lowest BCUT2D eigenvalue weighted by Gasteiger charge is -2.51. The highest BCUT2D eigenvalue weighted by atomic mass is 16.2. The summed E-state index contributed by atoms with van der Waals surface area (Å²) >= 11 is 0. The Balaban J connectivity index is 1.33. The van der Waals surface area contributed by atoms with Crippen LogP contribution in [0.15, 0.2) is 30.3 Å². The lowest BCUT2D eigenvalue weighted by atomic mass is 9.84. The highest BCUT2D eigenvalue weighted by Gasteiger charge is 2.42. The Bertz CT molecular complexity index is 702. The van der Waals surface area contributed by atoms with Crippen LogP contribution in [-0.2, 0) is 16.0 Å². The molecule has 1 N–H and O–H groups in total. The first-order valence-electron chi connectivity index (χ1n) is 10.6. The second-order valence-electron chi connectivity index (χ2n) is 8.75. The fraction of sp³-hybridized carbons (Fsp3) is 0.636. The van der Waals surface area contributed by atoms with Crippen molar-refractivity contribution in [3.63, 3.8) is 0 Å². The zero-order valence-electron chi connectivity index (χ0n) is 16.9. The maximum atomic E-state index is 13.0. The molecule has 3 aliphatic heterocycles. The third kappa shape index (κ3) is 4.08. The molecule has 3 aliphatic rings. The largest absolute Gasteiger partial charge is 0.338 e. The average molecular weight is 385 g/mol. The summed E-state index contributed by atoms with van der Waals surface area (Å²) in [6, 6.07) is 10.3. The van der Waals surface area contributed by atoms with Crippen molar-refractivity contribution in [3.05, 3.63) is 35.9 Å². The minimum Gasteiger partial charge on any atom is -0.338 e. The van der Waals surface area contributed by atoms with Gasteiger partial charge in [0, 0.05) is 38.1 Å². The minimum absolute atomic E-state index is 0.101. The first-order chi connectivity index (χ1) is 13.6. The van der Waals surface area contributed by atoms with E-state index in [1.54, 1.807) is 4.90 Å². The van der Waals surface area contributed by atoms with Crippen molar-refractivity contribution in [1.82, 2.24) is 20.0 Å². The van der Waals surface area contributed by atoms with Crippen LogP contribution in [0.5, 0.6) is 0 Å². The van der Waals surface area contributed by atoms with E-state index in [-0.39, 0.29) is 23.9 Å². The molecule has 0 radical (unpaired) electrons. The van der Waals surface area contributed by atoms with E-state index in [2.05, 4.69) is 29.4 Å². The Hall–Kier alpha value is -1.92. The Morgan fingerprint density at radius 1 is 1.18 bits per heavy atom. The summed E-state index contributed by atoms with van der Waals surface area (Å²) in [6.07, 6.45) is 3.62. The Kier molecular flexibility index (Phi) is 5.69. The number of rotatable bonds is 4. The van der Waals surface area contributed by atoms with Crippen molar-refractivity contribution < 1.29 is 9.59 Å². The number of piperazine rings is 1. The molecular weight excluding hydrogens is 352 g/mol. The summed E-state index contributed by atoms with van der Waals surface area (Å²) in [5.74, 6) is 0.547. The van der Waals surface area contributed by atoms with Crippen LogP contribution in [0.4, 0.5) is 0 Å². The maximum Gasteiger partial charge on any atom is 0.242 e. The molecule has 152 valence electrons. The van der Waals surface area contributed by atoms with Gasteiger partial charge < -0.3 is 15.1 Å². The average Bonchev–Trinajstić information content (AvgIpc) is 3.04. The Morgan fingerprint density at radius 2 is 1.93 bits per heavy atom. The van der Waals surface area contributed by atoms with Gasteiger partial charge in [-0.15, -0.1) is 0 Å². The van der Waals surface area contributed by atoms with Crippen LogP contribution >= 0.6 is 0 Å². The molecule has 0 aromatic heterocycles. The van der Waals surface area contributed by atoms with Crippen molar-refractivity contribution in [2.75, 3.05) is 52.9 Å². The molecule has 6 nitrogen and oxygen atoms in total. The molecule has 1 spiro atoms. The van der Waals surface area contributed by atoms with Gasteiger partial charge in [-0.05, 0) is 50.9 Å². The van der Waals surface area contributed by atoms with E-state index >= 15 is 0 Å². The van der Waals surface area contributed by atoms with Crippen LogP contribution in [0.2, 0.25) is 0 Å². The van der Waals surface area contributed by atoms with Gasteiger partial charge in [0.15, 0.2) is 0 Å². The lowest BCUT2D eigenvalue weighted by molar-refractivity contribution is -0.142. The molecule has 0 unspecified atom stereocenters. The zero-order chi connectivity index (χ0) is 19.6. The first kappa shape index (κ1) is 19.4. The summed E-state index contributed by atoms with van der Waals surface area (Å²) in [6.45, 7) is 5.43. The smallest absolute Gasteiger partial charge is 0.242 e. The van der Waals surface area contributed by atoms with Gasteiger partial charge in [0.2, 0.25) is 11.8 Å². The SMILES string of the molecule is CN1CCN(C(=O)CN2C[C@@H](Cc3ccccc3)CC2=O)CC12CCNCC2. The molecule has 1 aromatic rings. The topological polar surface area (TPSA) is 55.9 Å². The molecule has 3 fully saturated rings. The van der Waals surface area contributed by atoms with Gasteiger partial charge in [-0.3, -0.25) is 14.5 Å². The molecule has 2 amide bonds. The normalized spacial score (nSPS) is 25.5. The van der Waals surface area contributed by atoms with E-state index < -0.39 is 0 Å². The molecule has 0 aliphatic carbocycles. The van der Waals surface area contributed by atoms with E-state index in [0.29, 0.717) is 18.9 Å². The predicted octanol–water partition coefficient (Wildman–Crippen LogP) is 0.974. The lowest BCUT2D eigenvalue weighted by Crippen LogP contribution is -2.65. The maximum absolute atomic E-state index is 13.0. The summed E-state index contributed by atoms with van der Waals surface area (Å²) in [5.41, 5.74) is 1.37. The summed E-state index contributed by atoms with van der Waals surface area (Å²) in [7, 11) is 2.19. The summed E-state index contributed by atoms with van der Waals surface area (Å²) < 4.78 is 0. The van der Waals surface area contributed by atoms with Crippen molar-refractivity contribution in [3.8, 4) is 0 Å². The number of hydrogen-bond acceptors (Lipinski definition) is 4. The molecule has 28 heavy (non-hydrogen) atoms. The molecular formula is C22H32N4O2. The van der Waals surface area contributed by atoms with Crippen LogP contribution < -0.4 is 5.32 Å². The van der Waals surface area contributed by atoms with E-state index in [4.69, 9.17) is 0 Å². The number of nitrogens with one attached hydrogen (secondary N) is 1. The number of benzene rings is 1. The van der Waals surface area contributed by atoms with Crippen LogP contribution in [0.1, 0.15) is 24.8 Å². The van der Waals surface area contributed by atoms with Crippen LogP contribution in [0.3, 0.4) is 0 Å². The van der Waals surface area contributed by atoms with E-state index in [0.717, 1.165) is 52.0 Å². The molecule has 3 saturated heterocycles. The number of carbonyl (C=O) groups is 2. The monoisotopic (exact) mass is 384 g/mol. The van der Waals surface area contributed by atoms with E-state index in [1.807, 2.05) is 23.1 Å². The summed E-state index contributed by atoms with van der Waals surface area (Å²) in [5, 5.41) is 3.43. The van der Waals surface area contributed by atoms with E-state index in [9.17, 15) is 9.59 Å². The molecule has 6 heteroatoms. The number of likely N-dealkylation sites (N-methyl/N-ethyl adjacent to an activating group) is 1. The number of piperidine rings is 1. The molecule has 1 atom stereocenters. The van der Waals surface area contributed by atoms with Crippen molar-refractivity contribution in [1.29, 1.82) is 0 Å². The fourth-order valence-corrected chi connectivity index (χ4v) is 5.06. The van der Waals surface area contributed by atoms with Crippen molar-refractivity contribution in [2.24, 2.45) is 5.92 Å². The third-order valence-corrected chi connectivity index (χ3v) is 6.88. The van der Waals surface area contributed by atoms with Crippen LogP contribution in [0, 0.1) is 5.92 Å². The van der Waals surface area contributed by atoms with Gasteiger partial charge >= 0.3 is 0 Å². The molecule has 0 bridgehead atoms. The van der Waals surface area contributed by atoms with Gasteiger partial charge in [0.25, 0.3) is 0 Å². The Morgan fingerprint density at radius 3 is 2.68 bits per heavy atom. The molecule has 0 saturated carbocycles. The van der Waals surface area contributed by atoms with Crippen LogP contribution in [0.25, 0.3) is 0 Å². The van der Waals surface area contributed by atoms with Crippen molar-refractivity contribution in [2.45, 2.75) is 31.2 Å². The minimum atomic E-state index is 0.101. The number of carbonyl (C=O) groups excluding carboxylic acids is 2. The highest BCUT2D eigenvalue weighted by Crippen LogP contribution is 2.29. The molecule has 4 rings (SSSR count). The quantitative estimate of drug-likeness (QED) is 0.841. The van der Waals surface area contributed by atoms with Crippen molar-refractivity contribution >= 4 is 11.8 Å². The number of nitrogens with zero attached hydrogens (tertiary/aromatic N) is 3. The second kappa shape index (κ2) is 8.21. The first-order valence-corrected chi connectivity index (χ1v) is 10.6. The van der Waals surface area contributed by atoms with Gasteiger partial charge in [0.1, 0.15) is 0 Å². The predicted molar refractivity (Wildman–Crippen MR) is 109 cm³/mol. The second-order valence-corrected chi connectivity index (χ2v) is 8.75. The molecule has 1 aromatic carbocycles. The van der Waals surface area contributed by atoms with Gasteiger partial charge in [0.05, 0.1) is 6.54 Å². The molecule has 3 heterocycles.